The van der Waals surface area contributed by atoms with Gasteiger partial charge in [0.15, 0.2) is 6.61 Å². The van der Waals surface area contributed by atoms with Crippen molar-refractivity contribution in [1.82, 2.24) is 9.62 Å². The molecule has 3 rings (SSSR count). The molecule has 0 spiro atoms. The van der Waals surface area contributed by atoms with Crippen molar-refractivity contribution >= 4 is 27.6 Å². The molecule has 1 atom stereocenters. The highest BCUT2D eigenvalue weighted by Crippen LogP contribution is 2.16. The Morgan fingerprint density at radius 1 is 0.970 bits per heavy atom. The third kappa shape index (κ3) is 6.55. The molecular formula is C24H31N3O5S. The SMILES string of the molecule is Cc1ccc(S(=O)(=O)N[C@H](C(=O)OCC(=O)N2CCN(c3ccccc3)CC2)C(C)C)cc1. The first kappa shape index (κ1) is 24.7. The number of nitrogens with zero attached hydrogens (tertiary/aromatic N) is 2. The molecule has 1 aliphatic rings. The maximum Gasteiger partial charge on any atom is 0.324 e. The van der Waals surface area contributed by atoms with E-state index >= 15 is 0 Å². The largest absolute Gasteiger partial charge is 0.454 e. The molecule has 8 nitrogen and oxygen atoms in total. The summed E-state index contributed by atoms with van der Waals surface area (Å²) in [5, 5.41) is 0. The Labute approximate surface area is 195 Å². The summed E-state index contributed by atoms with van der Waals surface area (Å²) in [4.78, 5) is 29.1. The molecule has 1 aliphatic heterocycles. The molecule has 33 heavy (non-hydrogen) atoms. The van der Waals surface area contributed by atoms with Crippen molar-refractivity contribution in [3.63, 3.8) is 0 Å². The van der Waals surface area contributed by atoms with Crippen molar-refractivity contribution in [1.29, 1.82) is 0 Å². The van der Waals surface area contributed by atoms with Gasteiger partial charge in [0, 0.05) is 31.9 Å². The van der Waals surface area contributed by atoms with Crippen molar-refractivity contribution in [2.45, 2.75) is 31.7 Å². The van der Waals surface area contributed by atoms with Crippen LogP contribution < -0.4 is 9.62 Å². The molecule has 0 aliphatic carbocycles. The summed E-state index contributed by atoms with van der Waals surface area (Å²) in [6.45, 7) is 7.31. The minimum absolute atomic E-state index is 0.0684. The number of hydrogen-bond donors (Lipinski definition) is 1. The number of rotatable bonds is 8. The van der Waals surface area contributed by atoms with Crippen LogP contribution in [0.15, 0.2) is 59.5 Å². The highest BCUT2D eigenvalue weighted by molar-refractivity contribution is 7.89. The van der Waals surface area contributed by atoms with E-state index in [1.807, 2.05) is 37.3 Å². The first-order valence-electron chi connectivity index (χ1n) is 11.0. The number of amides is 1. The second kappa shape index (κ2) is 10.8. The zero-order chi connectivity index (χ0) is 24.0. The van der Waals surface area contributed by atoms with E-state index in [0.29, 0.717) is 26.2 Å². The number of sulfonamides is 1. The van der Waals surface area contributed by atoms with E-state index < -0.39 is 28.6 Å². The van der Waals surface area contributed by atoms with Gasteiger partial charge in [0.25, 0.3) is 5.91 Å². The summed E-state index contributed by atoms with van der Waals surface area (Å²) in [5.41, 5.74) is 2.04. The topological polar surface area (TPSA) is 96.0 Å². The van der Waals surface area contributed by atoms with E-state index in [1.54, 1.807) is 30.9 Å². The minimum atomic E-state index is -3.91. The molecule has 1 N–H and O–H groups in total. The first-order valence-corrected chi connectivity index (χ1v) is 12.5. The summed E-state index contributed by atoms with van der Waals surface area (Å²) in [5.74, 6) is -1.42. The third-order valence-electron chi connectivity index (χ3n) is 5.63. The highest BCUT2D eigenvalue weighted by Gasteiger charge is 2.31. The van der Waals surface area contributed by atoms with Gasteiger partial charge in [-0.1, -0.05) is 49.7 Å². The number of carbonyl (C=O) groups is 2. The maximum absolute atomic E-state index is 12.7. The molecule has 0 bridgehead atoms. The standard InChI is InChI=1S/C24H31N3O5S/c1-18(2)23(25-33(30,31)21-11-9-19(3)10-12-21)24(29)32-17-22(28)27-15-13-26(14-16-27)20-7-5-4-6-8-20/h4-12,18,23,25H,13-17H2,1-3H3/t23-/m0/s1. The molecule has 0 aromatic heterocycles. The Morgan fingerprint density at radius 3 is 2.15 bits per heavy atom. The van der Waals surface area contributed by atoms with Crippen LogP contribution in [0.2, 0.25) is 0 Å². The Kier molecular flexibility index (Phi) is 8.10. The monoisotopic (exact) mass is 473 g/mol. The van der Waals surface area contributed by atoms with Gasteiger partial charge in [-0.25, -0.2) is 8.42 Å². The normalized spacial score (nSPS) is 15.4. The molecule has 9 heteroatoms. The molecular weight excluding hydrogens is 442 g/mol. The number of para-hydroxylation sites is 1. The summed E-state index contributed by atoms with van der Waals surface area (Å²) in [6.07, 6.45) is 0. The lowest BCUT2D eigenvalue weighted by Crippen LogP contribution is -2.50. The van der Waals surface area contributed by atoms with Crippen LogP contribution in [-0.2, 0) is 24.3 Å². The lowest BCUT2D eigenvalue weighted by Gasteiger charge is -2.36. The van der Waals surface area contributed by atoms with Crippen LogP contribution in [0.25, 0.3) is 0 Å². The van der Waals surface area contributed by atoms with Gasteiger partial charge < -0.3 is 14.5 Å². The van der Waals surface area contributed by atoms with Gasteiger partial charge in [-0.05, 0) is 37.1 Å². The predicted octanol–water partition coefficient (Wildman–Crippen LogP) is 2.19. The van der Waals surface area contributed by atoms with Gasteiger partial charge in [0.1, 0.15) is 6.04 Å². The highest BCUT2D eigenvalue weighted by atomic mass is 32.2. The average molecular weight is 474 g/mol. The average Bonchev–Trinajstić information content (AvgIpc) is 2.81. The molecule has 0 saturated carbocycles. The maximum atomic E-state index is 12.7. The molecule has 1 fully saturated rings. The molecule has 178 valence electrons. The smallest absolute Gasteiger partial charge is 0.324 e. The Bertz CT molecular complexity index is 1050. The van der Waals surface area contributed by atoms with Crippen molar-refractivity contribution in [2.24, 2.45) is 5.92 Å². The van der Waals surface area contributed by atoms with Crippen LogP contribution in [-0.4, -0.2) is 64.0 Å². The van der Waals surface area contributed by atoms with Crippen LogP contribution in [0, 0.1) is 12.8 Å². The van der Waals surface area contributed by atoms with Crippen molar-refractivity contribution < 1.29 is 22.7 Å². The van der Waals surface area contributed by atoms with Gasteiger partial charge in [0.2, 0.25) is 10.0 Å². The Balaban J connectivity index is 1.53. The van der Waals surface area contributed by atoms with Crippen LogP contribution in [0.4, 0.5) is 5.69 Å². The number of ether oxygens (including phenoxy) is 1. The molecule has 2 aromatic carbocycles. The fourth-order valence-electron chi connectivity index (χ4n) is 3.58. The van der Waals surface area contributed by atoms with Gasteiger partial charge in [0.05, 0.1) is 4.90 Å². The summed E-state index contributed by atoms with van der Waals surface area (Å²) >= 11 is 0. The number of benzene rings is 2. The van der Waals surface area contributed by atoms with Gasteiger partial charge in [-0.15, -0.1) is 0 Å². The Hall–Kier alpha value is -2.91. The molecule has 1 amide bonds. The van der Waals surface area contributed by atoms with Crippen molar-refractivity contribution in [3.8, 4) is 0 Å². The van der Waals surface area contributed by atoms with Crippen LogP contribution in [0.3, 0.4) is 0 Å². The number of esters is 1. The van der Waals surface area contributed by atoms with E-state index in [2.05, 4.69) is 9.62 Å². The van der Waals surface area contributed by atoms with E-state index in [1.165, 1.54) is 12.1 Å². The number of hydrogen-bond acceptors (Lipinski definition) is 6. The summed E-state index contributed by atoms with van der Waals surface area (Å²) < 4.78 is 33.0. The van der Waals surface area contributed by atoms with E-state index in [-0.39, 0.29) is 16.7 Å². The first-order chi connectivity index (χ1) is 15.7. The third-order valence-corrected chi connectivity index (χ3v) is 7.08. The lowest BCUT2D eigenvalue weighted by atomic mass is 10.1. The van der Waals surface area contributed by atoms with Gasteiger partial charge in [-0.3, -0.25) is 9.59 Å². The van der Waals surface area contributed by atoms with Gasteiger partial charge >= 0.3 is 5.97 Å². The fraction of sp³-hybridized carbons (Fsp3) is 0.417. The molecule has 1 saturated heterocycles. The van der Waals surface area contributed by atoms with E-state index in [0.717, 1.165) is 11.3 Å². The van der Waals surface area contributed by atoms with Crippen LogP contribution in [0.1, 0.15) is 19.4 Å². The molecule has 1 heterocycles. The van der Waals surface area contributed by atoms with E-state index in [9.17, 15) is 18.0 Å². The fourth-order valence-corrected chi connectivity index (χ4v) is 4.91. The summed E-state index contributed by atoms with van der Waals surface area (Å²) in [7, 11) is -3.91. The number of nitrogens with one attached hydrogen (secondary N) is 1. The Morgan fingerprint density at radius 2 is 1.58 bits per heavy atom. The van der Waals surface area contributed by atoms with Crippen molar-refractivity contribution in [2.75, 3.05) is 37.7 Å². The molecule has 2 aromatic rings. The van der Waals surface area contributed by atoms with Gasteiger partial charge in [-0.2, -0.15) is 4.72 Å². The molecule has 0 radical (unpaired) electrons. The predicted molar refractivity (Wildman–Crippen MR) is 126 cm³/mol. The number of anilines is 1. The zero-order valence-electron chi connectivity index (χ0n) is 19.2. The summed E-state index contributed by atoms with van der Waals surface area (Å²) in [6, 6.07) is 15.2. The second-order valence-electron chi connectivity index (χ2n) is 8.47. The zero-order valence-corrected chi connectivity index (χ0v) is 20.0. The minimum Gasteiger partial charge on any atom is -0.454 e. The van der Waals surface area contributed by atoms with Crippen LogP contribution >= 0.6 is 0 Å². The van der Waals surface area contributed by atoms with Crippen LogP contribution in [0.5, 0.6) is 0 Å². The number of aryl methyl sites for hydroxylation is 1. The quantitative estimate of drug-likeness (QED) is 0.591. The molecule has 0 unspecified atom stereocenters. The lowest BCUT2D eigenvalue weighted by molar-refractivity contribution is -0.154. The number of carbonyl (C=O) groups excluding carboxylic acids is 2. The number of piperazine rings is 1. The second-order valence-corrected chi connectivity index (χ2v) is 10.2. The van der Waals surface area contributed by atoms with Crippen molar-refractivity contribution in [3.05, 3.63) is 60.2 Å². The van der Waals surface area contributed by atoms with E-state index in [4.69, 9.17) is 4.74 Å².